The first-order chi connectivity index (χ1) is 7.41. The molecule has 1 nitrogen and oxygen atoms in total. The highest BCUT2D eigenvalue weighted by Gasteiger charge is 2.12. The molecule has 0 heterocycles. The molecule has 0 fully saturated rings. The summed E-state index contributed by atoms with van der Waals surface area (Å²) in [7, 11) is 0. The van der Waals surface area contributed by atoms with E-state index in [0.717, 1.165) is 6.42 Å². The Morgan fingerprint density at radius 2 is 1.50 bits per heavy atom. The lowest BCUT2D eigenvalue weighted by molar-refractivity contribution is 0.566. The molecule has 1 aromatic rings. The van der Waals surface area contributed by atoms with Crippen LogP contribution in [-0.4, -0.2) is 6.04 Å². The molecule has 2 unspecified atom stereocenters. The van der Waals surface area contributed by atoms with Crippen molar-refractivity contribution in [2.75, 3.05) is 0 Å². The maximum atomic E-state index is 5.82. The number of rotatable bonds is 4. The van der Waals surface area contributed by atoms with Gasteiger partial charge >= 0.3 is 0 Å². The van der Waals surface area contributed by atoms with E-state index < -0.39 is 0 Å². The number of aryl methyl sites for hydroxylation is 3. The average Bonchev–Trinajstić information content (AvgIpc) is 2.12. The Bertz CT molecular complexity index is 329. The van der Waals surface area contributed by atoms with Crippen molar-refractivity contribution >= 4 is 0 Å². The lowest BCUT2D eigenvalue weighted by Crippen LogP contribution is -2.15. The van der Waals surface area contributed by atoms with Gasteiger partial charge in [0.2, 0.25) is 0 Å². The Kier molecular flexibility index (Phi) is 4.55. The molecule has 16 heavy (non-hydrogen) atoms. The van der Waals surface area contributed by atoms with Gasteiger partial charge in [-0.05, 0) is 63.1 Å². The van der Waals surface area contributed by atoms with Crippen molar-refractivity contribution in [1.29, 1.82) is 0 Å². The van der Waals surface area contributed by atoms with Crippen molar-refractivity contribution in [2.24, 2.45) is 5.73 Å². The molecule has 1 rings (SSSR count). The highest BCUT2D eigenvalue weighted by atomic mass is 14.6. The predicted molar refractivity (Wildman–Crippen MR) is 72.0 cm³/mol. The molecular formula is C15H25N. The maximum Gasteiger partial charge on any atom is 0.00106 e. The molecule has 0 aliphatic heterocycles. The standard InChI is InChI=1S/C15H25N/c1-10-8-12(3)15(13(4)9-10)11(2)6-7-14(5)16/h8-9,11,14H,6-7,16H2,1-5H3. The molecule has 0 saturated heterocycles. The Labute approximate surface area is 100 Å². The minimum absolute atomic E-state index is 0.313. The minimum atomic E-state index is 0.313. The molecule has 1 aromatic carbocycles. The van der Waals surface area contributed by atoms with Crippen LogP contribution in [0.3, 0.4) is 0 Å². The van der Waals surface area contributed by atoms with Gasteiger partial charge in [0.25, 0.3) is 0 Å². The van der Waals surface area contributed by atoms with E-state index in [4.69, 9.17) is 5.73 Å². The average molecular weight is 219 g/mol. The Morgan fingerprint density at radius 1 is 1.00 bits per heavy atom. The van der Waals surface area contributed by atoms with Crippen molar-refractivity contribution in [3.8, 4) is 0 Å². The van der Waals surface area contributed by atoms with E-state index in [1.165, 1.54) is 28.7 Å². The Balaban J connectivity index is 2.86. The van der Waals surface area contributed by atoms with Gasteiger partial charge in [-0.3, -0.25) is 0 Å². The highest BCUT2D eigenvalue weighted by Crippen LogP contribution is 2.28. The van der Waals surface area contributed by atoms with Gasteiger partial charge in [-0.1, -0.05) is 24.6 Å². The number of hydrogen-bond acceptors (Lipinski definition) is 1. The molecule has 0 radical (unpaired) electrons. The van der Waals surface area contributed by atoms with Crippen LogP contribution in [0.4, 0.5) is 0 Å². The zero-order valence-electron chi connectivity index (χ0n) is 11.3. The Hall–Kier alpha value is -0.820. The van der Waals surface area contributed by atoms with Crippen LogP contribution in [0.5, 0.6) is 0 Å². The first-order valence-electron chi connectivity index (χ1n) is 6.25. The van der Waals surface area contributed by atoms with E-state index in [1.807, 2.05) is 0 Å². The topological polar surface area (TPSA) is 26.0 Å². The second-order valence-electron chi connectivity index (χ2n) is 5.27. The molecule has 2 atom stereocenters. The van der Waals surface area contributed by atoms with Crippen LogP contribution in [0.25, 0.3) is 0 Å². The first-order valence-corrected chi connectivity index (χ1v) is 6.25. The summed E-state index contributed by atoms with van der Waals surface area (Å²) in [6.45, 7) is 11.0. The van der Waals surface area contributed by atoms with Gasteiger partial charge in [0, 0.05) is 6.04 Å². The second-order valence-corrected chi connectivity index (χ2v) is 5.27. The third-order valence-corrected chi connectivity index (χ3v) is 3.29. The fraction of sp³-hybridized carbons (Fsp3) is 0.600. The summed E-state index contributed by atoms with van der Waals surface area (Å²) in [6.07, 6.45) is 2.29. The summed E-state index contributed by atoms with van der Waals surface area (Å²) in [5.41, 5.74) is 11.5. The van der Waals surface area contributed by atoms with Crippen LogP contribution in [0, 0.1) is 20.8 Å². The van der Waals surface area contributed by atoms with Gasteiger partial charge < -0.3 is 5.73 Å². The summed E-state index contributed by atoms with van der Waals surface area (Å²) in [5, 5.41) is 0. The van der Waals surface area contributed by atoms with Crippen molar-refractivity contribution in [2.45, 2.75) is 59.4 Å². The van der Waals surface area contributed by atoms with Gasteiger partial charge in [-0.25, -0.2) is 0 Å². The fourth-order valence-corrected chi connectivity index (χ4v) is 2.63. The third-order valence-electron chi connectivity index (χ3n) is 3.29. The zero-order chi connectivity index (χ0) is 12.3. The highest BCUT2D eigenvalue weighted by molar-refractivity contribution is 5.39. The second kappa shape index (κ2) is 5.49. The summed E-state index contributed by atoms with van der Waals surface area (Å²) in [4.78, 5) is 0. The molecule has 90 valence electrons. The molecule has 0 spiro atoms. The van der Waals surface area contributed by atoms with Crippen LogP contribution >= 0.6 is 0 Å². The maximum absolute atomic E-state index is 5.82. The lowest BCUT2D eigenvalue weighted by Gasteiger charge is -2.19. The van der Waals surface area contributed by atoms with Crippen LogP contribution in [0.15, 0.2) is 12.1 Å². The van der Waals surface area contributed by atoms with Crippen molar-refractivity contribution in [3.63, 3.8) is 0 Å². The summed E-state index contributed by atoms with van der Waals surface area (Å²) in [5.74, 6) is 0.617. The SMILES string of the molecule is Cc1cc(C)c(C(C)CCC(C)N)c(C)c1. The number of benzene rings is 1. The first kappa shape index (κ1) is 13.2. The quantitative estimate of drug-likeness (QED) is 0.818. The lowest BCUT2D eigenvalue weighted by atomic mass is 9.87. The molecule has 0 saturated carbocycles. The molecule has 0 aromatic heterocycles. The van der Waals surface area contributed by atoms with Crippen LogP contribution in [-0.2, 0) is 0 Å². The molecule has 1 heteroatoms. The number of hydrogen-bond donors (Lipinski definition) is 1. The summed E-state index contributed by atoms with van der Waals surface area (Å²) in [6, 6.07) is 4.88. The summed E-state index contributed by atoms with van der Waals surface area (Å²) < 4.78 is 0. The van der Waals surface area contributed by atoms with E-state index in [0.29, 0.717) is 12.0 Å². The van der Waals surface area contributed by atoms with Crippen molar-refractivity contribution in [3.05, 3.63) is 34.4 Å². The predicted octanol–water partition coefficient (Wildman–Crippen LogP) is 3.84. The zero-order valence-corrected chi connectivity index (χ0v) is 11.3. The molecular weight excluding hydrogens is 194 g/mol. The van der Waals surface area contributed by atoms with Gasteiger partial charge in [0.15, 0.2) is 0 Å². The van der Waals surface area contributed by atoms with Crippen LogP contribution < -0.4 is 5.73 Å². The van der Waals surface area contributed by atoms with Crippen LogP contribution in [0.1, 0.15) is 54.9 Å². The van der Waals surface area contributed by atoms with Gasteiger partial charge in [-0.2, -0.15) is 0 Å². The molecule has 0 amide bonds. The largest absolute Gasteiger partial charge is 0.328 e. The van der Waals surface area contributed by atoms with E-state index in [2.05, 4.69) is 46.8 Å². The van der Waals surface area contributed by atoms with Crippen molar-refractivity contribution < 1.29 is 0 Å². The minimum Gasteiger partial charge on any atom is -0.328 e. The normalized spacial score (nSPS) is 14.9. The van der Waals surface area contributed by atoms with Crippen LogP contribution in [0.2, 0.25) is 0 Å². The molecule has 0 bridgehead atoms. The van der Waals surface area contributed by atoms with E-state index >= 15 is 0 Å². The molecule has 0 aliphatic rings. The van der Waals surface area contributed by atoms with Gasteiger partial charge in [-0.15, -0.1) is 0 Å². The van der Waals surface area contributed by atoms with E-state index in [9.17, 15) is 0 Å². The van der Waals surface area contributed by atoms with Crippen molar-refractivity contribution in [1.82, 2.24) is 0 Å². The molecule has 2 N–H and O–H groups in total. The monoisotopic (exact) mass is 219 g/mol. The fourth-order valence-electron chi connectivity index (χ4n) is 2.63. The van der Waals surface area contributed by atoms with E-state index in [-0.39, 0.29) is 0 Å². The smallest absolute Gasteiger partial charge is 0.00106 e. The third kappa shape index (κ3) is 3.34. The van der Waals surface area contributed by atoms with Gasteiger partial charge in [0.05, 0.1) is 0 Å². The van der Waals surface area contributed by atoms with E-state index in [1.54, 1.807) is 0 Å². The summed E-state index contributed by atoms with van der Waals surface area (Å²) >= 11 is 0. The molecule has 0 aliphatic carbocycles. The Morgan fingerprint density at radius 3 is 1.94 bits per heavy atom. The number of nitrogens with two attached hydrogens (primary N) is 1. The van der Waals surface area contributed by atoms with Gasteiger partial charge in [0.1, 0.15) is 0 Å².